The van der Waals surface area contributed by atoms with E-state index in [-0.39, 0.29) is 23.7 Å². The topological polar surface area (TPSA) is 76.0 Å². The first kappa shape index (κ1) is 11.3. The van der Waals surface area contributed by atoms with Gasteiger partial charge in [-0.2, -0.15) is 5.10 Å². The van der Waals surface area contributed by atoms with Gasteiger partial charge in [0.1, 0.15) is 5.82 Å². The largest absolute Gasteiger partial charge is 0.310 e. The SMILES string of the molecule is C[C@H]1Cc2c(NC(=O)C3CC3)nn(C)c2NC1=O. The van der Waals surface area contributed by atoms with Crippen LogP contribution < -0.4 is 10.6 Å². The van der Waals surface area contributed by atoms with Crippen LogP contribution in [-0.2, 0) is 23.1 Å². The molecule has 0 bridgehead atoms. The number of hydrogen-bond acceptors (Lipinski definition) is 3. The summed E-state index contributed by atoms with van der Waals surface area (Å²) in [6.45, 7) is 1.87. The van der Waals surface area contributed by atoms with Crippen LogP contribution in [0.2, 0.25) is 0 Å². The van der Waals surface area contributed by atoms with E-state index in [0.29, 0.717) is 18.1 Å². The molecule has 1 atom stereocenters. The number of carbonyl (C=O) groups excluding carboxylic acids is 2. The van der Waals surface area contributed by atoms with Crippen LogP contribution in [0.4, 0.5) is 11.6 Å². The standard InChI is InChI=1S/C12H16N4O2/c1-6-5-8-9(13-12(18)7-3-4-7)15-16(2)10(8)14-11(6)17/h6-7H,3-5H2,1-2H3,(H,14,17)(H,13,15,18)/t6-/m0/s1. The van der Waals surface area contributed by atoms with Crippen molar-refractivity contribution in [2.24, 2.45) is 18.9 Å². The molecule has 6 nitrogen and oxygen atoms in total. The number of nitrogens with one attached hydrogen (secondary N) is 2. The Kier molecular flexibility index (Phi) is 2.39. The van der Waals surface area contributed by atoms with Gasteiger partial charge < -0.3 is 10.6 Å². The highest BCUT2D eigenvalue weighted by molar-refractivity contribution is 5.98. The first-order chi connectivity index (χ1) is 8.56. The minimum Gasteiger partial charge on any atom is -0.310 e. The quantitative estimate of drug-likeness (QED) is 0.816. The molecule has 2 amide bonds. The second kappa shape index (κ2) is 3.83. The van der Waals surface area contributed by atoms with E-state index in [2.05, 4.69) is 15.7 Å². The summed E-state index contributed by atoms with van der Waals surface area (Å²) in [5, 5.41) is 9.97. The van der Waals surface area contributed by atoms with Crippen molar-refractivity contribution in [3.05, 3.63) is 5.56 Å². The molecule has 0 saturated heterocycles. The molecule has 0 radical (unpaired) electrons. The van der Waals surface area contributed by atoms with Crippen LogP contribution in [0.15, 0.2) is 0 Å². The fraction of sp³-hybridized carbons (Fsp3) is 0.583. The van der Waals surface area contributed by atoms with Crippen LogP contribution in [0.3, 0.4) is 0 Å². The lowest BCUT2D eigenvalue weighted by Gasteiger charge is -2.19. The average Bonchev–Trinajstić information content (AvgIpc) is 3.11. The minimum atomic E-state index is -0.0849. The van der Waals surface area contributed by atoms with Gasteiger partial charge in [-0.25, -0.2) is 0 Å². The monoisotopic (exact) mass is 248 g/mol. The summed E-state index contributed by atoms with van der Waals surface area (Å²) >= 11 is 0. The van der Waals surface area contributed by atoms with Crippen LogP contribution in [0, 0.1) is 11.8 Å². The Morgan fingerprint density at radius 2 is 2.22 bits per heavy atom. The van der Waals surface area contributed by atoms with Crippen LogP contribution in [0.1, 0.15) is 25.3 Å². The zero-order chi connectivity index (χ0) is 12.9. The molecular weight excluding hydrogens is 232 g/mol. The molecule has 0 spiro atoms. The molecule has 1 aliphatic heterocycles. The molecule has 6 heteroatoms. The van der Waals surface area contributed by atoms with Gasteiger partial charge in [-0.1, -0.05) is 6.92 Å². The molecule has 2 N–H and O–H groups in total. The Labute approximate surface area is 105 Å². The molecule has 1 fully saturated rings. The molecule has 3 rings (SSSR count). The van der Waals surface area contributed by atoms with E-state index in [4.69, 9.17) is 0 Å². The summed E-state index contributed by atoms with van der Waals surface area (Å²) in [5.41, 5.74) is 0.929. The van der Waals surface area contributed by atoms with Crippen molar-refractivity contribution in [1.29, 1.82) is 0 Å². The van der Waals surface area contributed by atoms with E-state index >= 15 is 0 Å². The molecule has 2 heterocycles. The first-order valence-corrected chi connectivity index (χ1v) is 6.24. The molecule has 18 heavy (non-hydrogen) atoms. The fourth-order valence-electron chi connectivity index (χ4n) is 2.22. The van der Waals surface area contributed by atoms with E-state index in [1.165, 1.54) is 0 Å². The van der Waals surface area contributed by atoms with Gasteiger partial charge in [-0.3, -0.25) is 14.3 Å². The first-order valence-electron chi connectivity index (χ1n) is 6.24. The van der Waals surface area contributed by atoms with Crippen molar-refractivity contribution in [1.82, 2.24) is 9.78 Å². The van der Waals surface area contributed by atoms with Crippen molar-refractivity contribution in [2.75, 3.05) is 10.6 Å². The maximum atomic E-state index is 11.8. The third-order valence-corrected chi connectivity index (χ3v) is 3.53. The molecule has 96 valence electrons. The lowest BCUT2D eigenvalue weighted by Crippen LogP contribution is -2.28. The number of anilines is 2. The van der Waals surface area contributed by atoms with Crippen molar-refractivity contribution in [3.8, 4) is 0 Å². The van der Waals surface area contributed by atoms with E-state index in [0.717, 1.165) is 18.4 Å². The Hall–Kier alpha value is -1.85. The number of carbonyl (C=O) groups is 2. The van der Waals surface area contributed by atoms with Gasteiger partial charge in [0, 0.05) is 24.4 Å². The van der Waals surface area contributed by atoms with Crippen LogP contribution >= 0.6 is 0 Å². The second-order valence-electron chi connectivity index (χ2n) is 5.16. The Balaban J connectivity index is 1.89. The average molecular weight is 248 g/mol. The summed E-state index contributed by atoms with van der Waals surface area (Å²) in [6.07, 6.45) is 2.55. The minimum absolute atomic E-state index is 0.00516. The molecule has 0 aromatic carbocycles. The van der Waals surface area contributed by atoms with Crippen molar-refractivity contribution < 1.29 is 9.59 Å². The van der Waals surface area contributed by atoms with Crippen LogP contribution in [0.25, 0.3) is 0 Å². The number of fused-ring (bicyclic) bond motifs is 1. The van der Waals surface area contributed by atoms with E-state index < -0.39 is 0 Å². The van der Waals surface area contributed by atoms with Crippen LogP contribution in [-0.4, -0.2) is 21.6 Å². The Morgan fingerprint density at radius 1 is 1.50 bits per heavy atom. The number of aryl methyl sites for hydroxylation is 1. The summed E-state index contributed by atoms with van der Waals surface area (Å²) in [5.74, 6) is 1.41. The van der Waals surface area contributed by atoms with E-state index in [1.807, 2.05) is 6.92 Å². The van der Waals surface area contributed by atoms with Gasteiger partial charge in [-0.15, -0.1) is 0 Å². The summed E-state index contributed by atoms with van der Waals surface area (Å²) in [4.78, 5) is 23.4. The zero-order valence-electron chi connectivity index (χ0n) is 10.5. The molecule has 1 saturated carbocycles. The van der Waals surface area contributed by atoms with E-state index in [9.17, 15) is 9.59 Å². The van der Waals surface area contributed by atoms with Crippen LogP contribution in [0.5, 0.6) is 0 Å². The summed E-state index contributed by atoms with van der Waals surface area (Å²) < 4.78 is 1.61. The van der Waals surface area contributed by atoms with Gasteiger partial charge >= 0.3 is 0 Å². The number of aromatic nitrogens is 2. The highest BCUT2D eigenvalue weighted by Crippen LogP contribution is 2.34. The second-order valence-corrected chi connectivity index (χ2v) is 5.16. The lowest BCUT2D eigenvalue weighted by molar-refractivity contribution is -0.119. The Bertz CT molecular complexity index is 530. The van der Waals surface area contributed by atoms with Gasteiger partial charge in [0.2, 0.25) is 11.8 Å². The van der Waals surface area contributed by atoms with Crippen molar-refractivity contribution >= 4 is 23.5 Å². The normalized spacial score (nSPS) is 22.3. The van der Waals surface area contributed by atoms with Gasteiger partial charge in [0.15, 0.2) is 5.82 Å². The molecule has 1 aromatic rings. The molecule has 1 aromatic heterocycles. The summed E-state index contributed by atoms with van der Waals surface area (Å²) in [7, 11) is 1.77. The van der Waals surface area contributed by atoms with Gasteiger partial charge in [0.05, 0.1) is 0 Å². The number of rotatable bonds is 2. The predicted octanol–water partition coefficient (Wildman–Crippen LogP) is 0.899. The molecular formula is C12H16N4O2. The lowest BCUT2D eigenvalue weighted by atomic mass is 9.98. The maximum Gasteiger partial charge on any atom is 0.228 e. The highest BCUT2D eigenvalue weighted by Gasteiger charge is 2.33. The summed E-state index contributed by atoms with van der Waals surface area (Å²) in [6, 6.07) is 0. The number of amides is 2. The third-order valence-electron chi connectivity index (χ3n) is 3.53. The van der Waals surface area contributed by atoms with Gasteiger partial charge in [0.25, 0.3) is 0 Å². The zero-order valence-corrected chi connectivity index (χ0v) is 10.5. The fourth-order valence-corrected chi connectivity index (χ4v) is 2.22. The Morgan fingerprint density at radius 3 is 2.89 bits per heavy atom. The molecule has 2 aliphatic rings. The van der Waals surface area contributed by atoms with Crippen molar-refractivity contribution in [2.45, 2.75) is 26.2 Å². The predicted molar refractivity (Wildman–Crippen MR) is 66.1 cm³/mol. The number of nitrogens with zero attached hydrogens (tertiary/aromatic N) is 2. The third kappa shape index (κ3) is 1.77. The smallest absolute Gasteiger partial charge is 0.228 e. The van der Waals surface area contributed by atoms with Gasteiger partial charge in [-0.05, 0) is 19.3 Å². The number of hydrogen-bond donors (Lipinski definition) is 2. The van der Waals surface area contributed by atoms with E-state index in [1.54, 1.807) is 11.7 Å². The molecule has 0 unspecified atom stereocenters. The maximum absolute atomic E-state index is 11.8. The molecule has 1 aliphatic carbocycles. The van der Waals surface area contributed by atoms with Crippen molar-refractivity contribution in [3.63, 3.8) is 0 Å². The highest BCUT2D eigenvalue weighted by atomic mass is 16.2.